The predicted octanol–water partition coefficient (Wildman–Crippen LogP) is 5.16. The number of nitrogens with one attached hydrogen (secondary N) is 1. The van der Waals surface area contributed by atoms with Crippen LogP contribution in [0.1, 0.15) is 86.1 Å². The maximum atomic E-state index is 17.1. The van der Waals surface area contributed by atoms with Crippen LogP contribution in [0.25, 0.3) is 6.08 Å². The summed E-state index contributed by atoms with van der Waals surface area (Å²) in [5.41, 5.74) is 2.65. The SMILES string of the molecule is COc1cc(C(C)OC(=O)ON2C(=O)CCC2=O)c([N+](=O)[O-])cc1OCCN(C)CCCC(=O)C(CS(=O)(=O)O)NC(=O)CCc1cc(C)c2n1[B-](F)(F)[N+]1=C(c3ccccc3)C=C(CCC[N+](C)(C)C)C1=C2. The smallest absolute Gasteiger partial charge is 0.493 e. The number of carbonyl (C=O) groups is 5. The number of aryl methyl sites for hydroxylation is 2. The van der Waals surface area contributed by atoms with Crippen LogP contribution in [0.15, 0.2) is 65.9 Å². The van der Waals surface area contributed by atoms with E-state index in [9.17, 15) is 47.1 Å². The van der Waals surface area contributed by atoms with E-state index < -0.39 is 75.3 Å². The Kier molecular flexibility index (Phi) is 17.4. The number of imide groups is 1. The van der Waals surface area contributed by atoms with Crippen molar-refractivity contribution in [2.75, 3.05) is 67.3 Å². The molecule has 73 heavy (non-hydrogen) atoms. The fraction of sp³-hybridized carbons (Fsp3) is 0.458. The van der Waals surface area contributed by atoms with E-state index >= 15 is 8.63 Å². The first kappa shape index (κ1) is 55.5. The quantitative estimate of drug-likeness (QED) is 0.0212. The van der Waals surface area contributed by atoms with Crippen molar-refractivity contribution in [3.63, 3.8) is 0 Å². The molecule has 0 radical (unpaired) electrons. The van der Waals surface area contributed by atoms with Gasteiger partial charge in [0.2, 0.25) is 5.91 Å². The number of hydrogen-bond acceptors (Lipinski definition) is 14. The van der Waals surface area contributed by atoms with E-state index in [0.717, 1.165) is 38.1 Å². The molecule has 3 aliphatic heterocycles. The second kappa shape index (κ2) is 22.9. The van der Waals surface area contributed by atoms with Gasteiger partial charge in [0.25, 0.3) is 27.6 Å². The van der Waals surface area contributed by atoms with Crippen LogP contribution in [0.4, 0.5) is 19.1 Å². The van der Waals surface area contributed by atoms with Crippen molar-refractivity contribution in [3.05, 3.63) is 104 Å². The molecule has 1 fully saturated rings. The van der Waals surface area contributed by atoms with Crippen LogP contribution in [-0.4, -0.2) is 157 Å². The number of Topliss-reactive ketones (excluding diaryl/α,β-unsaturated/α-hetero) is 1. The summed E-state index contributed by atoms with van der Waals surface area (Å²) in [5.74, 6) is -4.06. The average Bonchev–Trinajstić information content (AvgIpc) is 3.96. The molecule has 3 amide bonds. The molecule has 0 aliphatic carbocycles. The minimum atomic E-state index is -4.76. The first-order chi connectivity index (χ1) is 34.3. The van der Waals surface area contributed by atoms with Gasteiger partial charge in [0, 0.05) is 67.6 Å². The molecule has 1 aromatic heterocycles. The third-order valence-electron chi connectivity index (χ3n) is 12.5. The van der Waals surface area contributed by atoms with Gasteiger partial charge in [0.05, 0.1) is 51.4 Å². The summed E-state index contributed by atoms with van der Waals surface area (Å²) < 4.78 is 87.1. The van der Waals surface area contributed by atoms with Gasteiger partial charge in [0.15, 0.2) is 28.7 Å². The molecule has 2 unspecified atom stereocenters. The standard InChI is InChI=1S/C48H60BF2N7O14S/c1-31-25-35(54-38(31)28-40-34(15-12-23-58(4,5)6)26-39(55(40)49(54,50)51)33-13-9-8-10-14-33)17-18-45(60)52-37(30-73(66,67)68)42(59)16-11-21-53(3)22-24-70-44-29-41(57(64)65)36(27-43(44)69-7)32(2)71-48(63)72-56-46(61)19-20-47(56)62/h8-10,13-14,25-29,32,37H,11-12,15-24,30H2,1-7H3,(H-,52,60,66,67,68)/p+1. The minimum absolute atomic E-state index is 0.0313. The van der Waals surface area contributed by atoms with Crippen molar-refractivity contribution < 1.29 is 78.5 Å². The number of hydroxylamine groups is 2. The largest absolute Gasteiger partial charge is 0.737 e. The predicted molar refractivity (Wildman–Crippen MR) is 262 cm³/mol. The number of halogens is 2. The first-order valence-electron chi connectivity index (χ1n) is 23.6. The van der Waals surface area contributed by atoms with Crippen molar-refractivity contribution in [3.8, 4) is 11.5 Å². The van der Waals surface area contributed by atoms with Crippen LogP contribution in [0.2, 0.25) is 0 Å². The monoisotopic (exact) mass is 1040 g/mol. The lowest BCUT2D eigenvalue weighted by Gasteiger charge is -2.32. The zero-order valence-corrected chi connectivity index (χ0v) is 42.6. The lowest BCUT2D eigenvalue weighted by atomic mass is 9.88. The van der Waals surface area contributed by atoms with Crippen LogP contribution >= 0.6 is 0 Å². The number of aromatic nitrogens is 1. The van der Waals surface area contributed by atoms with Gasteiger partial charge in [-0.1, -0.05) is 23.3 Å². The number of ketones is 1. The number of amides is 3. The number of methoxy groups -OCH3 is 1. The summed E-state index contributed by atoms with van der Waals surface area (Å²) in [6.45, 7) is -0.163. The highest BCUT2D eigenvalue weighted by Crippen LogP contribution is 2.41. The number of likely N-dealkylation sites (N-methyl/N-ethyl adjacent to an activating group) is 1. The van der Waals surface area contributed by atoms with Crippen molar-refractivity contribution in [1.29, 1.82) is 0 Å². The Balaban J connectivity index is 1.04. The molecule has 3 aliphatic rings. The third kappa shape index (κ3) is 13.8. The lowest BCUT2D eigenvalue weighted by molar-refractivity contribution is -0.870. The molecule has 0 saturated carbocycles. The second-order valence-corrected chi connectivity index (χ2v) is 20.7. The Morgan fingerprint density at radius 1 is 1.00 bits per heavy atom. The van der Waals surface area contributed by atoms with E-state index in [2.05, 4.69) is 26.5 Å². The van der Waals surface area contributed by atoms with E-state index in [1.165, 1.54) is 20.1 Å². The normalized spacial score (nSPS) is 16.1. The van der Waals surface area contributed by atoms with Gasteiger partial charge >= 0.3 is 13.1 Å². The van der Waals surface area contributed by atoms with Gasteiger partial charge in [-0.3, -0.25) is 38.7 Å². The summed E-state index contributed by atoms with van der Waals surface area (Å²) in [6.07, 6.45) is 1.32. The summed E-state index contributed by atoms with van der Waals surface area (Å²) >= 11 is 0. The molecule has 2 aromatic carbocycles. The number of ether oxygens (including phenoxy) is 3. The Labute approximate surface area is 421 Å². The van der Waals surface area contributed by atoms with Gasteiger partial charge in [-0.15, -0.1) is 0 Å². The molecule has 2 atom stereocenters. The van der Waals surface area contributed by atoms with Crippen molar-refractivity contribution in [1.82, 2.24) is 19.8 Å². The number of rotatable bonds is 25. The van der Waals surface area contributed by atoms with Crippen LogP contribution in [0.3, 0.4) is 0 Å². The first-order valence-corrected chi connectivity index (χ1v) is 25.3. The molecule has 3 aromatic rings. The van der Waals surface area contributed by atoms with E-state index in [0.29, 0.717) is 34.7 Å². The molecule has 394 valence electrons. The van der Waals surface area contributed by atoms with E-state index in [-0.39, 0.29) is 86.0 Å². The van der Waals surface area contributed by atoms with Gasteiger partial charge in [-0.2, -0.15) is 8.42 Å². The maximum Gasteiger partial charge on any atom is 0.737 e. The molecule has 25 heteroatoms. The summed E-state index contributed by atoms with van der Waals surface area (Å²) in [7, 11) is 4.43. The third-order valence-corrected chi connectivity index (χ3v) is 13.3. The fourth-order valence-corrected chi connectivity index (χ4v) is 9.62. The van der Waals surface area contributed by atoms with Crippen molar-refractivity contribution in [2.45, 2.75) is 77.4 Å². The van der Waals surface area contributed by atoms with Gasteiger partial charge in [0.1, 0.15) is 24.5 Å². The van der Waals surface area contributed by atoms with Crippen LogP contribution in [-0.2, 0) is 45.3 Å². The molecule has 6 rings (SSSR count). The van der Waals surface area contributed by atoms with Gasteiger partial charge in [-0.05, 0) is 82.2 Å². The van der Waals surface area contributed by atoms with Gasteiger partial charge < -0.3 is 46.5 Å². The highest BCUT2D eigenvalue weighted by atomic mass is 32.2. The topological polar surface area (TPSA) is 246 Å². The lowest BCUT2D eigenvalue weighted by Crippen LogP contribution is -2.51. The highest BCUT2D eigenvalue weighted by Gasteiger charge is 2.54. The van der Waals surface area contributed by atoms with E-state index in [1.54, 1.807) is 55.3 Å². The van der Waals surface area contributed by atoms with Crippen LogP contribution in [0, 0.1) is 17.0 Å². The zero-order chi connectivity index (χ0) is 53.6. The molecule has 1 saturated heterocycles. The Morgan fingerprint density at radius 2 is 1.68 bits per heavy atom. The number of fused-ring (bicyclic) bond motifs is 2. The number of quaternary nitrogens is 1. The van der Waals surface area contributed by atoms with Crippen molar-refractivity contribution >= 4 is 64.2 Å². The molecule has 21 nitrogen and oxygen atoms in total. The van der Waals surface area contributed by atoms with E-state index in [4.69, 9.17) is 19.0 Å². The maximum absolute atomic E-state index is 17.1. The molecule has 0 bridgehead atoms. The van der Waals surface area contributed by atoms with Crippen molar-refractivity contribution in [2.24, 2.45) is 0 Å². The molecule has 4 heterocycles. The number of nitro groups is 1. The number of nitrogens with zero attached hydrogens (tertiary/aromatic N) is 6. The molecule has 0 spiro atoms. The minimum Gasteiger partial charge on any atom is -0.493 e. The van der Waals surface area contributed by atoms with Crippen LogP contribution < -0.4 is 14.8 Å². The van der Waals surface area contributed by atoms with E-state index in [1.807, 2.05) is 12.1 Å². The average molecular weight is 1040 g/mol. The Hall–Kier alpha value is -6.83. The number of nitro benzene ring substituents is 1. The second-order valence-electron chi connectivity index (χ2n) is 19.2. The number of benzene rings is 2. The summed E-state index contributed by atoms with van der Waals surface area (Å²) in [6, 6.07) is 11.2. The number of hydrogen-bond donors (Lipinski definition) is 2. The van der Waals surface area contributed by atoms with Gasteiger partial charge in [-0.25, -0.2) is 4.79 Å². The summed E-state index contributed by atoms with van der Waals surface area (Å²) in [4.78, 5) is 80.5. The fourth-order valence-electron chi connectivity index (χ4n) is 8.93. The zero-order valence-electron chi connectivity index (χ0n) is 41.8. The molecule has 2 N–H and O–H groups in total. The Bertz CT molecular complexity index is 2850. The summed E-state index contributed by atoms with van der Waals surface area (Å²) in [5, 5.41) is 14.7. The Morgan fingerprint density at radius 3 is 2.32 bits per heavy atom. The number of carbonyl (C=O) groups excluding carboxylic acids is 5. The van der Waals surface area contributed by atoms with Crippen LogP contribution in [0.5, 0.6) is 11.5 Å². The molecular weight excluding hydrogens is 979 g/mol. The highest BCUT2D eigenvalue weighted by molar-refractivity contribution is 7.85. The number of allylic oxidation sites excluding steroid dienone is 2. The molecular formula is C48H61BF2N7O14S+.